The molecule has 1 aliphatic heterocycles. The van der Waals surface area contributed by atoms with Crippen LogP contribution in [0.1, 0.15) is 24.8 Å². The molecule has 17 heavy (non-hydrogen) atoms. The summed E-state index contributed by atoms with van der Waals surface area (Å²) in [6.45, 7) is 0.938. The molecule has 2 heterocycles. The SMILES string of the molecule is O=S(=O)(Cc1cccnc1)C[C@H]1CCCCN1. The fourth-order valence-corrected chi connectivity index (χ4v) is 3.86. The van der Waals surface area contributed by atoms with Crippen molar-refractivity contribution in [1.82, 2.24) is 10.3 Å². The van der Waals surface area contributed by atoms with E-state index in [0.29, 0.717) is 0 Å². The zero-order valence-corrected chi connectivity index (χ0v) is 10.6. The Kier molecular flexibility index (Phi) is 4.12. The van der Waals surface area contributed by atoms with Crippen LogP contribution in [0.25, 0.3) is 0 Å². The van der Waals surface area contributed by atoms with Gasteiger partial charge < -0.3 is 5.32 Å². The lowest BCUT2D eigenvalue weighted by molar-refractivity contribution is 0.423. The van der Waals surface area contributed by atoms with Crippen LogP contribution in [0.3, 0.4) is 0 Å². The molecule has 2 rings (SSSR count). The molecule has 1 aromatic rings. The van der Waals surface area contributed by atoms with Gasteiger partial charge in [0.25, 0.3) is 0 Å². The van der Waals surface area contributed by atoms with Crippen molar-refractivity contribution in [3.63, 3.8) is 0 Å². The van der Waals surface area contributed by atoms with Crippen LogP contribution in [0.4, 0.5) is 0 Å². The summed E-state index contributed by atoms with van der Waals surface area (Å²) in [4.78, 5) is 3.94. The number of hydrogen-bond acceptors (Lipinski definition) is 4. The average molecular weight is 254 g/mol. The van der Waals surface area contributed by atoms with Crippen LogP contribution >= 0.6 is 0 Å². The molecule has 0 unspecified atom stereocenters. The van der Waals surface area contributed by atoms with Crippen LogP contribution < -0.4 is 5.32 Å². The number of piperidine rings is 1. The van der Waals surface area contributed by atoms with E-state index in [-0.39, 0.29) is 17.5 Å². The summed E-state index contributed by atoms with van der Waals surface area (Å²) in [6, 6.07) is 3.70. The minimum atomic E-state index is -3.04. The van der Waals surface area contributed by atoms with Crippen molar-refractivity contribution in [3.05, 3.63) is 30.1 Å². The van der Waals surface area contributed by atoms with Crippen LogP contribution in [0.5, 0.6) is 0 Å². The van der Waals surface area contributed by atoms with E-state index < -0.39 is 9.84 Å². The molecule has 4 nitrogen and oxygen atoms in total. The highest BCUT2D eigenvalue weighted by atomic mass is 32.2. The highest BCUT2D eigenvalue weighted by Crippen LogP contribution is 2.12. The molecular formula is C12H18N2O2S. The Balaban J connectivity index is 1.94. The Morgan fingerprint density at radius 1 is 1.41 bits per heavy atom. The van der Waals surface area contributed by atoms with E-state index in [1.54, 1.807) is 24.5 Å². The van der Waals surface area contributed by atoms with Gasteiger partial charge in [0.2, 0.25) is 0 Å². The van der Waals surface area contributed by atoms with Gasteiger partial charge in [-0.05, 0) is 31.0 Å². The van der Waals surface area contributed by atoms with Crippen LogP contribution in [-0.4, -0.2) is 31.7 Å². The fourth-order valence-electron chi connectivity index (χ4n) is 2.17. The number of rotatable bonds is 4. The Bertz CT molecular complexity index is 439. The van der Waals surface area contributed by atoms with Crippen LogP contribution in [0.15, 0.2) is 24.5 Å². The van der Waals surface area contributed by atoms with Gasteiger partial charge in [0, 0.05) is 18.4 Å². The van der Waals surface area contributed by atoms with Crippen LogP contribution in [0.2, 0.25) is 0 Å². The fraction of sp³-hybridized carbons (Fsp3) is 0.583. The number of nitrogens with zero attached hydrogens (tertiary/aromatic N) is 1. The summed E-state index contributed by atoms with van der Waals surface area (Å²) in [6.07, 6.45) is 6.51. The average Bonchev–Trinajstić information content (AvgIpc) is 2.30. The maximum Gasteiger partial charge on any atom is 0.156 e. The van der Waals surface area contributed by atoms with Crippen molar-refractivity contribution in [1.29, 1.82) is 0 Å². The first kappa shape index (κ1) is 12.5. The monoisotopic (exact) mass is 254 g/mol. The topological polar surface area (TPSA) is 59.1 Å². The van der Waals surface area contributed by atoms with Crippen molar-refractivity contribution in [3.8, 4) is 0 Å². The Hall–Kier alpha value is -0.940. The van der Waals surface area contributed by atoms with E-state index in [0.717, 1.165) is 31.4 Å². The molecule has 0 bridgehead atoms. The van der Waals surface area contributed by atoms with Gasteiger partial charge in [-0.1, -0.05) is 12.5 Å². The normalized spacial score (nSPS) is 21.3. The lowest BCUT2D eigenvalue weighted by Crippen LogP contribution is -2.39. The van der Waals surface area contributed by atoms with Crippen LogP contribution in [0, 0.1) is 0 Å². The number of aromatic nitrogens is 1. The summed E-state index contributed by atoms with van der Waals surface area (Å²) >= 11 is 0. The summed E-state index contributed by atoms with van der Waals surface area (Å²) in [5.41, 5.74) is 0.767. The molecule has 1 saturated heterocycles. The molecule has 94 valence electrons. The summed E-state index contributed by atoms with van der Waals surface area (Å²) in [5.74, 6) is 0.334. The van der Waals surface area contributed by atoms with Gasteiger partial charge in [-0.2, -0.15) is 0 Å². The van der Waals surface area contributed by atoms with E-state index in [1.165, 1.54) is 0 Å². The first-order valence-electron chi connectivity index (χ1n) is 5.98. The summed E-state index contributed by atoms with van der Waals surface area (Å²) in [7, 11) is -3.04. The standard InChI is InChI=1S/C12H18N2O2S/c15-17(16,9-11-4-3-6-13-8-11)10-12-5-1-2-7-14-12/h3-4,6,8,12,14H,1-2,5,7,9-10H2/t12-/m1/s1. The molecule has 0 aromatic carbocycles. The number of pyridine rings is 1. The minimum absolute atomic E-state index is 0.0962. The molecule has 1 N–H and O–H groups in total. The molecule has 1 fully saturated rings. The van der Waals surface area contributed by atoms with Gasteiger partial charge >= 0.3 is 0 Å². The molecule has 1 aliphatic rings. The lowest BCUT2D eigenvalue weighted by atomic mass is 10.1. The third kappa shape index (κ3) is 4.09. The second-order valence-electron chi connectivity index (χ2n) is 4.56. The number of hydrogen-bond donors (Lipinski definition) is 1. The molecule has 0 amide bonds. The van der Waals surface area contributed by atoms with Crippen LogP contribution in [-0.2, 0) is 15.6 Å². The Morgan fingerprint density at radius 3 is 2.94 bits per heavy atom. The predicted molar refractivity (Wildman–Crippen MR) is 67.4 cm³/mol. The van der Waals surface area contributed by atoms with Gasteiger partial charge in [-0.25, -0.2) is 8.42 Å². The molecular weight excluding hydrogens is 236 g/mol. The first-order valence-corrected chi connectivity index (χ1v) is 7.80. The first-order chi connectivity index (χ1) is 8.16. The molecule has 1 aromatic heterocycles. The van der Waals surface area contributed by atoms with E-state index in [4.69, 9.17) is 0 Å². The van der Waals surface area contributed by atoms with Crippen molar-refractivity contribution in [2.75, 3.05) is 12.3 Å². The molecule has 5 heteroatoms. The van der Waals surface area contributed by atoms with Gasteiger partial charge in [-0.15, -0.1) is 0 Å². The van der Waals surface area contributed by atoms with Crippen molar-refractivity contribution < 1.29 is 8.42 Å². The molecule has 1 atom stereocenters. The third-order valence-electron chi connectivity index (χ3n) is 2.98. The maximum absolute atomic E-state index is 12.0. The van der Waals surface area contributed by atoms with Crippen molar-refractivity contribution >= 4 is 9.84 Å². The zero-order chi connectivity index (χ0) is 12.1. The highest BCUT2D eigenvalue weighted by Gasteiger charge is 2.21. The van der Waals surface area contributed by atoms with Gasteiger partial charge in [0.15, 0.2) is 9.84 Å². The minimum Gasteiger partial charge on any atom is -0.313 e. The second kappa shape index (κ2) is 5.60. The zero-order valence-electron chi connectivity index (χ0n) is 9.80. The smallest absolute Gasteiger partial charge is 0.156 e. The Morgan fingerprint density at radius 2 is 2.29 bits per heavy atom. The molecule has 0 radical (unpaired) electrons. The number of sulfone groups is 1. The highest BCUT2D eigenvalue weighted by molar-refractivity contribution is 7.90. The van der Waals surface area contributed by atoms with E-state index in [9.17, 15) is 8.42 Å². The van der Waals surface area contributed by atoms with Gasteiger partial charge in [0.05, 0.1) is 11.5 Å². The van der Waals surface area contributed by atoms with Gasteiger partial charge in [0.1, 0.15) is 0 Å². The van der Waals surface area contributed by atoms with Crippen molar-refractivity contribution in [2.45, 2.75) is 31.1 Å². The molecule has 0 spiro atoms. The third-order valence-corrected chi connectivity index (χ3v) is 4.66. The van der Waals surface area contributed by atoms with E-state index in [1.807, 2.05) is 0 Å². The molecule has 0 aliphatic carbocycles. The number of nitrogens with one attached hydrogen (secondary N) is 1. The quantitative estimate of drug-likeness (QED) is 0.875. The van der Waals surface area contributed by atoms with Crippen molar-refractivity contribution in [2.24, 2.45) is 0 Å². The van der Waals surface area contributed by atoms with E-state index in [2.05, 4.69) is 10.3 Å². The predicted octanol–water partition coefficient (Wildman–Crippen LogP) is 1.14. The second-order valence-corrected chi connectivity index (χ2v) is 6.67. The lowest BCUT2D eigenvalue weighted by Gasteiger charge is -2.23. The summed E-state index contributed by atoms with van der Waals surface area (Å²) in [5, 5.41) is 3.27. The largest absolute Gasteiger partial charge is 0.313 e. The van der Waals surface area contributed by atoms with Gasteiger partial charge in [-0.3, -0.25) is 4.98 Å². The Labute approximate surface area is 102 Å². The van der Waals surface area contributed by atoms with E-state index >= 15 is 0 Å². The summed E-state index contributed by atoms with van der Waals surface area (Å²) < 4.78 is 24.0. The molecule has 0 saturated carbocycles. The maximum atomic E-state index is 12.0.